The van der Waals surface area contributed by atoms with Gasteiger partial charge in [0.2, 0.25) is 5.89 Å². The first-order valence-electron chi connectivity index (χ1n) is 3.99. The van der Waals surface area contributed by atoms with Gasteiger partial charge in [-0.05, 0) is 12.8 Å². The zero-order chi connectivity index (χ0) is 8.39. The van der Waals surface area contributed by atoms with Gasteiger partial charge in [0.25, 0.3) is 0 Å². The van der Waals surface area contributed by atoms with Crippen molar-refractivity contribution in [3.63, 3.8) is 0 Å². The Morgan fingerprint density at radius 2 is 2.17 bits per heavy atom. The first-order valence-corrected chi connectivity index (χ1v) is 3.99. The number of aromatic amines is 1. The molecule has 5 nitrogen and oxygen atoms in total. The molecule has 1 saturated heterocycles. The summed E-state index contributed by atoms with van der Waals surface area (Å²) >= 11 is 0. The van der Waals surface area contributed by atoms with Crippen LogP contribution in [-0.2, 0) is 4.74 Å². The van der Waals surface area contributed by atoms with Crippen molar-refractivity contribution in [1.82, 2.24) is 10.1 Å². The molecule has 1 N–H and O–H groups in total. The van der Waals surface area contributed by atoms with Crippen molar-refractivity contribution in [3.05, 3.63) is 16.4 Å². The highest BCUT2D eigenvalue weighted by molar-refractivity contribution is 4.90. The molecule has 0 aromatic carbocycles. The molecule has 0 amide bonds. The largest absolute Gasteiger partial charge is 0.381 e. The molecule has 0 spiro atoms. The number of aromatic nitrogens is 2. The number of nitrogens with one attached hydrogen (secondary N) is 1. The summed E-state index contributed by atoms with van der Waals surface area (Å²) in [6.45, 7) is 1.45. The SMILES string of the molecule is O=c1nc(C2CCOCC2)o[nH]1. The van der Waals surface area contributed by atoms with E-state index in [2.05, 4.69) is 10.1 Å². The van der Waals surface area contributed by atoms with Crippen molar-refractivity contribution in [2.24, 2.45) is 0 Å². The van der Waals surface area contributed by atoms with E-state index < -0.39 is 5.69 Å². The van der Waals surface area contributed by atoms with Crippen molar-refractivity contribution in [2.45, 2.75) is 18.8 Å². The summed E-state index contributed by atoms with van der Waals surface area (Å²) < 4.78 is 10.1. The van der Waals surface area contributed by atoms with Gasteiger partial charge < -0.3 is 9.26 Å². The quantitative estimate of drug-likeness (QED) is 0.656. The number of H-pyrrole nitrogens is 1. The predicted octanol–water partition coefficient (Wildman–Crippen LogP) is 0.257. The number of nitrogens with zero attached hydrogens (tertiary/aromatic N) is 1. The Balaban J connectivity index is 2.13. The van der Waals surface area contributed by atoms with E-state index >= 15 is 0 Å². The molecule has 66 valence electrons. The fourth-order valence-electron chi connectivity index (χ4n) is 1.36. The molecule has 0 bridgehead atoms. The maximum Gasteiger partial charge on any atom is 0.377 e. The molecule has 2 rings (SSSR count). The zero-order valence-electron chi connectivity index (χ0n) is 6.58. The van der Waals surface area contributed by atoms with E-state index in [4.69, 9.17) is 9.26 Å². The summed E-state index contributed by atoms with van der Waals surface area (Å²) in [5.74, 6) is 0.765. The Morgan fingerprint density at radius 3 is 2.75 bits per heavy atom. The lowest BCUT2D eigenvalue weighted by Crippen LogP contribution is -2.15. The third-order valence-electron chi connectivity index (χ3n) is 2.03. The minimum Gasteiger partial charge on any atom is -0.381 e. The molecular formula is C7H10N2O3. The van der Waals surface area contributed by atoms with Crippen LogP contribution in [-0.4, -0.2) is 23.4 Å². The van der Waals surface area contributed by atoms with E-state index in [9.17, 15) is 4.79 Å². The van der Waals surface area contributed by atoms with Crippen molar-refractivity contribution in [2.75, 3.05) is 13.2 Å². The van der Waals surface area contributed by atoms with Gasteiger partial charge in [0, 0.05) is 19.1 Å². The Kier molecular flexibility index (Phi) is 1.95. The highest BCUT2D eigenvalue weighted by Gasteiger charge is 2.20. The zero-order valence-corrected chi connectivity index (χ0v) is 6.58. The molecule has 0 unspecified atom stereocenters. The van der Waals surface area contributed by atoms with E-state index in [1.54, 1.807) is 0 Å². The Labute approximate surface area is 68.7 Å². The van der Waals surface area contributed by atoms with Crippen LogP contribution >= 0.6 is 0 Å². The average Bonchev–Trinajstić information content (AvgIpc) is 2.54. The fraction of sp³-hybridized carbons (Fsp3) is 0.714. The van der Waals surface area contributed by atoms with E-state index in [0.717, 1.165) is 26.1 Å². The minimum absolute atomic E-state index is 0.248. The van der Waals surface area contributed by atoms with Gasteiger partial charge in [0.05, 0.1) is 0 Å². The summed E-state index contributed by atoms with van der Waals surface area (Å²) in [6, 6.07) is 0. The topological polar surface area (TPSA) is 68.1 Å². The molecule has 12 heavy (non-hydrogen) atoms. The number of rotatable bonds is 1. The monoisotopic (exact) mass is 170 g/mol. The van der Waals surface area contributed by atoms with Gasteiger partial charge in [-0.2, -0.15) is 10.1 Å². The van der Waals surface area contributed by atoms with Crippen molar-refractivity contribution < 1.29 is 9.26 Å². The predicted molar refractivity (Wildman–Crippen MR) is 39.9 cm³/mol. The van der Waals surface area contributed by atoms with Crippen LogP contribution in [0.4, 0.5) is 0 Å². The summed E-state index contributed by atoms with van der Waals surface area (Å²) in [6.07, 6.45) is 1.77. The molecule has 1 aliphatic rings. The first kappa shape index (κ1) is 7.54. The van der Waals surface area contributed by atoms with Gasteiger partial charge in [-0.15, -0.1) is 0 Å². The Bertz CT molecular complexity index is 298. The summed E-state index contributed by atoms with van der Waals surface area (Å²) in [5.41, 5.74) is -0.406. The van der Waals surface area contributed by atoms with Crippen LogP contribution in [0.5, 0.6) is 0 Å². The fourth-order valence-corrected chi connectivity index (χ4v) is 1.36. The summed E-state index contributed by atoms with van der Waals surface area (Å²) in [7, 11) is 0. The number of ether oxygens (including phenoxy) is 1. The molecule has 0 saturated carbocycles. The lowest BCUT2D eigenvalue weighted by atomic mass is 10.0. The molecular weight excluding hydrogens is 160 g/mol. The molecule has 0 atom stereocenters. The third kappa shape index (κ3) is 1.40. The van der Waals surface area contributed by atoms with Gasteiger partial charge in [-0.3, -0.25) is 0 Å². The lowest BCUT2D eigenvalue weighted by molar-refractivity contribution is 0.0778. The second kappa shape index (κ2) is 3.10. The second-order valence-electron chi connectivity index (χ2n) is 2.85. The normalized spacial score (nSPS) is 19.7. The van der Waals surface area contributed by atoms with Crippen LogP contribution in [0, 0.1) is 0 Å². The van der Waals surface area contributed by atoms with Crippen LogP contribution in [0.1, 0.15) is 24.7 Å². The maximum absolute atomic E-state index is 10.6. The van der Waals surface area contributed by atoms with Gasteiger partial charge in [-0.25, -0.2) is 4.79 Å². The summed E-state index contributed by atoms with van der Waals surface area (Å²) in [5, 5.41) is 2.18. The highest BCUT2D eigenvalue weighted by atomic mass is 16.5. The smallest absolute Gasteiger partial charge is 0.377 e. The van der Waals surface area contributed by atoms with Crippen molar-refractivity contribution >= 4 is 0 Å². The lowest BCUT2D eigenvalue weighted by Gasteiger charge is -2.17. The Hall–Kier alpha value is -1.10. The van der Waals surface area contributed by atoms with Crippen molar-refractivity contribution in [3.8, 4) is 0 Å². The van der Waals surface area contributed by atoms with Crippen LogP contribution in [0.15, 0.2) is 9.32 Å². The standard InChI is InChI=1S/C7H10N2O3/c10-7-8-6(12-9-7)5-1-3-11-4-2-5/h5H,1-4H2,(H,9,10). The molecule has 2 heterocycles. The van der Waals surface area contributed by atoms with E-state index in [-0.39, 0.29) is 5.92 Å². The molecule has 0 aliphatic carbocycles. The third-order valence-corrected chi connectivity index (χ3v) is 2.03. The maximum atomic E-state index is 10.6. The molecule has 1 fully saturated rings. The van der Waals surface area contributed by atoms with Gasteiger partial charge in [-0.1, -0.05) is 0 Å². The van der Waals surface area contributed by atoms with Crippen LogP contribution in [0.25, 0.3) is 0 Å². The molecule has 0 radical (unpaired) electrons. The average molecular weight is 170 g/mol. The molecule has 1 aromatic heterocycles. The molecule has 1 aromatic rings. The van der Waals surface area contributed by atoms with E-state index in [1.165, 1.54) is 0 Å². The molecule has 1 aliphatic heterocycles. The van der Waals surface area contributed by atoms with Crippen LogP contribution in [0.3, 0.4) is 0 Å². The van der Waals surface area contributed by atoms with Crippen LogP contribution in [0.2, 0.25) is 0 Å². The van der Waals surface area contributed by atoms with Gasteiger partial charge in [0.1, 0.15) is 0 Å². The van der Waals surface area contributed by atoms with Gasteiger partial charge >= 0.3 is 5.69 Å². The number of hydrogen-bond acceptors (Lipinski definition) is 4. The molecule has 5 heteroatoms. The van der Waals surface area contributed by atoms with Crippen LogP contribution < -0.4 is 5.69 Å². The minimum atomic E-state index is -0.406. The van der Waals surface area contributed by atoms with E-state index in [1.807, 2.05) is 0 Å². The highest BCUT2D eigenvalue weighted by Crippen LogP contribution is 2.23. The first-order chi connectivity index (χ1) is 5.86. The second-order valence-corrected chi connectivity index (χ2v) is 2.85. The number of hydrogen-bond donors (Lipinski definition) is 1. The van der Waals surface area contributed by atoms with Crippen molar-refractivity contribution in [1.29, 1.82) is 0 Å². The Morgan fingerprint density at radius 1 is 1.42 bits per heavy atom. The van der Waals surface area contributed by atoms with E-state index in [0.29, 0.717) is 5.89 Å². The summed E-state index contributed by atoms with van der Waals surface area (Å²) in [4.78, 5) is 14.3. The van der Waals surface area contributed by atoms with Gasteiger partial charge in [0.15, 0.2) is 0 Å².